The van der Waals surface area contributed by atoms with Crippen LogP contribution in [0.25, 0.3) is 0 Å². The van der Waals surface area contributed by atoms with Crippen molar-refractivity contribution in [3.8, 4) is 0 Å². The van der Waals surface area contributed by atoms with E-state index in [2.05, 4.69) is 41.5 Å². The molecule has 0 saturated heterocycles. The van der Waals surface area contributed by atoms with Crippen LogP contribution in [-0.4, -0.2) is 11.6 Å². The molecule has 0 amide bonds. The zero-order valence-electron chi connectivity index (χ0n) is 16.8. The van der Waals surface area contributed by atoms with Crippen LogP contribution in [0.4, 0.5) is 0 Å². The summed E-state index contributed by atoms with van der Waals surface area (Å²) in [6, 6.07) is 0. The molecule has 0 fully saturated rings. The predicted octanol–water partition coefficient (Wildman–Crippen LogP) is 5.35. The van der Waals surface area contributed by atoms with Crippen LogP contribution in [0.2, 0.25) is 0 Å². The van der Waals surface area contributed by atoms with E-state index in [-0.39, 0.29) is 11.6 Å². The lowest BCUT2D eigenvalue weighted by Gasteiger charge is -2.15. The first kappa shape index (κ1) is 20.1. The van der Waals surface area contributed by atoms with Crippen molar-refractivity contribution in [1.82, 2.24) is 0 Å². The van der Waals surface area contributed by atoms with Gasteiger partial charge in [-0.15, -0.1) is 0 Å². The molecule has 0 heterocycles. The minimum Gasteiger partial charge on any atom is -0.289 e. The van der Waals surface area contributed by atoms with Crippen LogP contribution >= 0.6 is 0 Å². The standard InChI is InChI=1S/C12H18.C10H12O2/c1-7-8(2)10(4)12(6)11(5)9(7)3;1-5-6(2)10(12)8(4)7(3)9(5)11/h1-6H3;1-4H3. The van der Waals surface area contributed by atoms with Gasteiger partial charge < -0.3 is 0 Å². The fourth-order valence-electron chi connectivity index (χ4n) is 2.93. The summed E-state index contributed by atoms with van der Waals surface area (Å²) >= 11 is 0. The van der Waals surface area contributed by atoms with E-state index in [1.54, 1.807) is 27.7 Å². The first-order chi connectivity index (χ1) is 10.9. The summed E-state index contributed by atoms with van der Waals surface area (Å²) in [5.41, 5.74) is 11.1. The fourth-order valence-corrected chi connectivity index (χ4v) is 2.93. The van der Waals surface area contributed by atoms with E-state index < -0.39 is 0 Å². The average molecular weight is 326 g/mol. The summed E-state index contributed by atoms with van der Waals surface area (Å²) in [6.45, 7) is 20.1. The van der Waals surface area contributed by atoms with Gasteiger partial charge in [0, 0.05) is 22.3 Å². The summed E-state index contributed by atoms with van der Waals surface area (Å²) in [5.74, 6) is 0.00852. The summed E-state index contributed by atoms with van der Waals surface area (Å²) < 4.78 is 0. The molecule has 1 aromatic carbocycles. The number of hydrogen-bond acceptors (Lipinski definition) is 2. The van der Waals surface area contributed by atoms with Gasteiger partial charge in [-0.2, -0.15) is 0 Å². The fraction of sp³-hybridized carbons (Fsp3) is 0.455. The van der Waals surface area contributed by atoms with Gasteiger partial charge in [-0.1, -0.05) is 0 Å². The Morgan fingerprint density at radius 2 is 0.458 bits per heavy atom. The molecule has 2 nitrogen and oxygen atoms in total. The second-order valence-electron chi connectivity index (χ2n) is 6.91. The zero-order chi connectivity index (χ0) is 18.9. The van der Waals surface area contributed by atoms with Gasteiger partial charge in [0.1, 0.15) is 0 Å². The van der Waals surface area contributed by atoms with E-state index in [0.29, 0.717) is 22.3 Å². The monoisotopic (exact) mass is 326 g/mol. The molecule has 1 aromatic rings. The molecule has 0 spiro atoms. The van der Waals surface area contributed by atoms with Crippen molar-refractivity contribution in [2.24, 2.45) is 0 Å². The zero-order valence-corrected chi connectivity index (χ0v) is 16.8. The molecular weight excluding hydrogens is 296 g/mol. The molecular formula is C22H30O2. The third-order valence-corrected chi connectivity index (χ3v) is 5.86. The van der Waals surface area contributed by atoms with E-state index >= 15 is 0 Å². The number of rotatable bonds is 0. The van der Waals surface area contributed by atoms with Crippen LogP contribution in [0.5, 0.6) is 0 Å². The molecule has 2 rings (SSSR count). The van der Waals surface area contributed by atoms with Gasteiger partial charge in [-0.3, -0.25) is 9.59 Å². The molecule has 0 saturated carbocycles. The largest absolute Gasteiger partial charge is 0.289 e. The highest BCUT2D eigenvalue weighted by atomic mass is 16.1. The minimum atomic E-state index is 0.00426. The van der Waals surface area contributed by atoms with Crippen LogP contribution in [0.15, 0.2) is 22.3 Å². The second-order valence-corrected chi connectivity index (χ2v) is 6.91. The van der Waals surface area contributed by atoms with Crippen molar-refractivity contribution in [2.45, 2.75) is 69.2 Å². The van der Waals surface area contributed by atoms with Crippen molar-refractivity contribution >= 4 is 11.6 Å². The lowest BCUT2D eigenvalue weighted by Crippen LogP contribution is -2.18. The summed E-state index contributed by atoms with van der Waals surface area (Å²) in [5, 5.41) is 0. The minimum absolute atomic E-state index is 0.00426. The Balaban J connectivity index is 0.000000240. The number of carbonyl (C=O) groups is 2. The van der Waals surface area contributed by atoms with Crippen LogP contribution in [0.3, 0.4) is 0 Å². The summed E-state index contributed by atoms with van der Waals surface area (Å²) in [7, 11) is 0. The first-order valence-corrected chi connectivity index (χ1v) is 8.41. The molecule has 0 unspecified atom stereocenters. The van der Waals surface area contributed by atoms with Gasteiger partial charge >= 0.3 is 0 Å². The van der Waals surface area contributed by atoms with Gasteiger partial charge in [-0.25, -0.2) is 0 Å². The molecule has 0 radical (unpaired) electrons. The number of allylic oxidation sites excluding steroid dienone is 4. The van der Waals surface area contributed by atoms with Gasteiger partial charge in [0.25, 0.3) is 0 Å². The maximum absolute atomic E-state index is 11.4. The van der Waals surface area contributed by atoms with Gasteiger partial charge in [0.15, 0.2) is 11.6 Å². The van der Waals surface area contributed by atoms with E-state index in [0.717, 1.165) is 0 Å². The normalized spacial score (nSPS) is 14.9. The maximum atomic E-state index is 11.4. The maximum Gasteiger partial charge on any atom is 0.185 e. The smallest absolute Gasteiger partial charge is 0.185 e. The summed E-state index contributed by atoms with van der Waals surface area (Å²) in [6.07, 6.45) is 0. The van der Waals surface area contributed by atoms with Crippen molar-refractivity contribution in [1.29, 1.82) is 0 Å². The second kappa shape index (κ2) is 7.29. The molecule has 1 aliphatic carbocycles. The van der Waals surface area contributed by atoms with Crippen molar-refractivity contribution in [3.63, 3.8) is 0 Å². The number of hydrogen-bond donors (Lipinski definition) is 0. The van der Waals surface area contributed by atoms with Gasteiger partial charge in [0.2, 0.25) is 0 Å². The highest BCUT2D eigenvalue weighted by Crippen LogP contribution is 2.25. The molecule has 2 heteroatoms. The van der Waals surface area contributed by atoms with Crippen molar-refractivity contribution in [2.75, 3.05) is 0 Å². The highest BCUT2D eigenvalue weighted by molar-refractivity contribution is 6.24. The van der Waals surface area contributed by atoms with Crippen LogP contribution in [0, 0.1) is 41.5 Å². The topological polar surface area (TPSA) is 34.1 Å². The third-order valence-electron chi connectivity index (χ3n) is 5.86. The van der Waals surface area contributed by atoms with E-state index in [4.69, 9.17) is 0 Å². The molecule has 0 aliphatic heterocycles. The molecule has 0 bridgehead atoms. The van der Waals surface area contributed by atoms with E-state index in [1.807, 2.05) is 0 Å². The Labute approximate surface area is 146 Å². The van der Waals surface area contributed by atoms with Crippen molar-refractivity contribution < 1.29 is 9.59 Å². The number of Topliss-reactive ketones (excluding diaryl/α,β-unsaturated/α-hetero) is 2. The van der Waals surface area contributed by atoms with Crippen LogP contribution in [0.1, 0.15) is 61.1 Å². The third kappa shape index (κ3) is 3.43. The quantitative estimate of drug-likeness (QED) is 0.602. The van der Waals surface area contributed by atoms with Crippen LogP contribution < -0.4 is 0 Å². The predicted molar refractivity (Wildman–Crippen MR) is 102 cm³/mol. The van der Waals surface area contributed by atoms with Gasteiger partial charge in [0.05, 0.1) is 0 Å². The summed E-state index contributed by atoms with van der Waals surface area (Å²) in [4.78, 5) is 22.8. The first-order valence-electron chi connectivity index (χ1n) is 8.41. The Bertz CT molecular complexity index is 620. The number of carbonyl (C=O) groups excluding carboxylic acids is 2. The Hall–Kier alpha value is -1.96. The molecule has 24 heavy (non-hydrogen) atoms. The molecule has 0 atom stereocenters. The molecule has 0 aromatic heterocycles. The Morgan fingerprint density at radius 3 is 0.583 bits per heavy atom. The molecule has 0 N–H and O–H groups in total. The number of ketones is 2. The Kier molecular flexibility index (Phi) is 6.10. The SMILES string of the molecule is CC1=C(C)C(=O)C(C)=C(C)C1=O.Cc1c(C)c(C)c(C)c(C)c1C. The van der Waals surface area contributed by atoms with E-state index in [9.17, 15) is 9.59 Å². The average Bonchev–Trinajstić information content (AvgIpc) is 2.58. The molecule has 1 aliphatic rings. The lowest BCUT2D eigenvalue weighted by molar-refractivity contribution is -0.116. The van der Waals surface area contributed by atoms with Gasteiger partial charge in [-0.05, 0) is 103 Å². The van der Waals surface area contributed by atoms with E-state index in [1.165, 1.54) is 33.4 Å². The Morgan fingerprint density at radius 1 is 0.333 bits per heavy atom. The van der Waals surface area contributed by atoms with Crippen LogP contribution in [-0.2, 0) is 9.59 Å². The highest BCUT2D eigenvalue weighted by Gasteiger charge is 2.24. The molecule has 130 valence electrons. The van der Waals surface area contributed by atoms with Crippen molar-refractivity contribution in [3.05, 3.63) is 55.7 Å². The number of benzene rings is 1. The lowest BCUT2D eigenvalue weighted by atomic mass is 9.87.